The Balaban J connectivity index is 0.00000512. The zero-order valence-corrected chi connectivity index (χ0v) is 23.8. The zero-order chi connectivity index (χ0) is 23.2. The Hall–Kier alpha value is -0.910. The second kappa shape index (κ2) is 13.8. The number of aryl methyl sites for hydroxylation is 1. The molecule has 0 aliphatic rings. The van der Waals surface area contributed by atoms with Crippen molar-refractivity contribution in [3.05, 3.63) is 42.0 Å². The van der Waals surface area contributed by atoms with Crippen LogP contribution in [0.25, 0.3) is 0 Å². The monoisotopic (exact) mass is 516 g/mol. The molecule has 0 atom stereocenters. The van der Waals surface area contributed by atoms with Gasteiger partial charge in [0, 0.05) is 6.92 Å². The fraction of sp³-hybridized carbons (Fsp3) is 0.235. The van der Waals surface area contributed by atoms with Crippen LogP contribution in [0.15, 0.2) is 51.5 Å². The topological polar surface area (TPSA) is 203 Å². The van der Waals surface area contributed by atoms with Gasteiger partial charge in [0.05, 0.1) is 28.6 Å². The molecule has 3 N–H and O–H groups in total. The first-order chi connectivity index (χ1) is 14.3. The summed E-state index contributed by atoms with van der Waals surface area (Å²) in [6.45, 7) is 0.993. The van der Waals surface area contributed by atoms with Crippen molar-refractivity contribution in [1.29, 1.82) is 0 Å². The van der Waals surface area contributed by atoms with Gasteiger partial charge in [-0.2, -0.15) is 5.11 Å². The number of amides is 1. The molecule has 0 fully saturated rings. The maximum atomic E-state index is 11.4. The number of hydrogen-bond donors (Lipinski definition) is 2. The molecule has 0 unspecified atom stereocenters. The van der Waals surface area contributed by atoms with E-state index in [1.54, 1.807) is 24.3 Å². The van der Waals surface area contributed by atoms with Gasteiger partial charge in [-0.3, -0.25) is 8.98 Å². The fourth-order valence-electron chi connectivity index (χ4n) is 2.45. The van der Waals surface area contributed by atoms with E-state index in [-0.39, 0.29) is 82.8 Å². The number of azo groups is 1. The molecule has 2 rings (SSSR count). The van der Waals surface area contributed by atoms with E-state index >= 15 is 0 Å². The minimum Gasteiger partial charge on any atom is -0.744 e. The number of nitrogen functional groups attached to an aromatic ring is 1. The van der Waals surface area contributed by atoms with E-state index in [0.29, 0.717) is 18.5 Å². The molecule has 168 valence electrons. The second-order valence-corrected chi connectivity index (χ2v) is 8.64. The van der Waals surface area contributed by atoms with Gasteiger partial charge in [-0.1, -0.05) is 12.1 Å². The molecule has 0 saturated heterocycles. The van der Waals surface area contributed by atoms with E-state index in [2.05, 4.69) is 19.7 Å². The van der Waals surface area contributed by atoms with Gasteiger partial charge in [0.1, 0.15) is 15.8 Å². The van der Waals surface area contributed by atoms with Crippen LogP contribution in [0.4, 0.5) is 22.7 Å². The number of nitrogens with two attached hydrogens (primary N) is 1. The van der Waals surface area contributed by atoms with Gasteiger partial charge in [0.25, 0.3) is 0 Å². The molecule has 33 heavy (non-hydrogen) atoms. The summed E-state index contributed by atoms with van der Waals surface area (Å²) in [4.78, 5) is 10.7. The Morgan fingerprint density at radius 1 is 1.06 bits per heavy atom. The van der Waals surface area contributed by atoms with Crippen molar-refractivity contribution in [3.63, 3.8) is 0 Å². The van der Waals surface area contributed by atoms with Gasteiger partial charge < -0.3 is 20.2 Å². The van der Waals surface area contributed by atoms with Crippen LogP contribution in [-0.2, 0) is 35.9 Å². The molecule has 0 aromatic heterocycles. The molecule has 0 saturated carbocycles. The standard InChI is InChI=1S/C17H20N4O8S2.2Na/c1-11(22)19-15-9-14(18)17(30(23,24)25)10-16(15)21-20-13-6-4-12(5-7-13)3-2-8-29-31(26,27)28;;/h4-7,9-10H,2-3,8,18H2,1H3,(H,19,22)(H,23,24,25)(H,26,27,28);;/q;2*+1/p-2. The quantitative estimate of drug-likeness (QED) is 0.0830. The van der Waals surface area contributed by atoms with Crippen molar-refractivity contribution >= 4 is 49.2 Å². The van der Waals surface area contributed by atoms with Crippen molar-refractivity contribution in [2.45, 2.75) is 24.7 Å². The van der Waals surface area contributed by atoms with Gasteiger partial charge >= 0.3 is 59.1 Å². The third-order valence-corrected chi connectivity index (χ3v) is 5.10. The summed E-state index contributed by atoms with van der Waals surface area (Å²) in [5.41, 5.74) is 6.43. The smallest absolute Gasteiger partial charge is 0.744 e. The number of hydrogen-bond acceptors (Lipinski definition) is 11. The summed E-state index contributed by atoms with van der Waals surface area (Å²) < 4.78 is 69.3. The maximum absolute atomic E-state index is 11.4. The van der Waals surface area contributed by atoms with Crippen LogP contribution in [0.1, 0.15) is 18.9 Å². The van der Waals surface area contributed by atoms with Crippen LogP contribution in [0.3, 0.4) is 0 Å². The first kappa shape index (κ1) is 32.1. The SMILES string of the molecule is CC(=O)Nc1cc(N)c(S(=O)(=O)[O-])cc1N=Nc1ccc(CCCOS(=O)(=O)[O-])cc1.[Na+].[Na+]. The summed E-state index contributed by atoms with van der Waals surface area (Å²) >= 11 is 0. The molecule has 1 amide bonds. The summed E-state index contributed by atoms with van der Waals surface area (Å²) in [6.07, 6.45) is 0.753. The van der Waals surface area contributed by atoms with E-state index in [1.807, 2.05) is 0 Å². The Morgan fingerprint density at radius 2 is 1.67 bits per heavy atom. The number of anilines is 2. The van der Waals surface area contributed by atoms with Crippen molar-refractivity contribution in [1.82, 2.24) is 0 Å². The molecule has 0 spiro atoms. The van der Waals surface area contributed by atoms with E-state index < -0.39 is 31.3 Å². The molecule has 2 aromatic carbocycles. The van der Waals surface area contributed by atoms with Crippen molar-refractivity contribution in [3.8, 4) is 0 Å². The van der Waals surface area contributed by atoms with E-state index in [4.69, 9.17) is 5.73 Å². The van der Waals surface area contributed by atoms with Crippen LogP contribution in [0.5, 0.6) is 0 Å². The largest absolute Gasteiger partial charge is 1.00 e. The first-order valence-corrected chi connectivity index (χ1v) is 11.4. The molecule has 2 aromatic rings. The predicted octanol–water partition coefficient (Wildman–Crippen LogP) is -4.04. The average Bonchev–Trinajstić information content (AvgIpc) is 2.63. The first-order valence-electron chi connectivity index (χ1n) is 8.63. The maximum Gasteiger partial charge on any atom is 1.00 e. The van der Waals surface area contributed by atoms with Crippen LogP contribution >= 0.6 is 0 Å². The molecule has 0 heterocycles. The second-order valence-electron chi connectivity index (χ2n) is 6.24. The molecule has 0 bridgehead atoms. The minimum absolute atomic E-state index is 0. The Morgan fingerprint density at radius 3 is 2.18 bits per heavy atom. The summed E-state index contributed by atoms with van der Waals surface area (Å²) in [5.74, 6) is -0.466. The average molecular weight is 516 g/mol. The summed E-state index contributed by atoms with van der Waals surface area (Å²) in [6, 6.07) is 8.57. The number of carbonyl (C=O) groups is 1. The predicted molar refractivity (Wildman–Crippen MR) is 108 cm³/mol. The van der Waals surface area contributed by atoms with Gasteiger partial charge in [0.2, 0.25) is 16.3 Å². The van der Waals surface area contributed by atoms with Crippen LogP contribution in [-0.4, -0.2) is 38.5 Å². The number of benzene rings is 2. The number of rotatable bonds is 9. The zero-order valence-electron chi connectivity index (χ0n) is 18.1. The Bertz CT molecular complexity index is 1200. The number of nitrogens with zero attached hydrogens (tertiary/aromatic N) is 2. The molecule has 0 aliphatic carbocycles. The molecular weight excluding hydrogens is 498 g/mol. The molecule has 16 heteroatoms. The Labute approximate surface area is 235 Å². The van der Waals surface area contributed by atoms with Crippen LogP contribution in [0.2, 0.25) is 0 Å². The molecular formula is C17H18N4Na2O8S2. The number of nitrogens with one attached hydrogen (secondary N) is 1. The molecule has 0 aliphatic heterocycles. The normalized spacial score (nSPS) is 11.5. The van der Waals surface area contributed by atoms with E-state index in [1.165, 1.54) is 6.92 Å². The van der Waals surface area contributed by atoms with Gasteiger partial charge in [-0.05, 0) is 42.7 Å². The van der Waals surface area contributed by atoms with Crippen LogP contribution < -0.4 is 70.2 Å². The minimum atomic E-state index is -4.87. The van der Waals surface area contributed by atoms with Crippen LogP contribution in [0, 0.1) is 0 Å². The van der Waals surface area contributed by atoms with E-state index in [0.717, 1.165) is 17.7 Å². The van der Waals surface area contributed by atoms with E-state index in [9.17, 15) is 30.7 Å². The Kier molecular flexibility index (Phi) is 13.5. The van der Waals surface area contributed by atoms with Gasteiger partial charge in [-0.15, -0.1) is 5.11 Å². The third kappa shape index (κ3) is 11.4. The van der Waals surface area contributed by atoms with Crippen molar-refractivity contribution in [2.24, 2.45) is 10.2 Å². The fourth-order valence-corrected chi connectivity index (χ4v) is 3.38. The van der Waals surface area contributed by atoms with Gasteiger partial charge in [0.15, 0.2) is 0 Å². The third-order valence-electron chi connectivity index (χ3n) is 3.76. The van der Waals surface area contributed by atoms with Gasteiger partial charge in [-0.25, -0.2) is 16.8 Å². The summed E-state index contributed by atoms with van der Waals surface area (Å²) in [7, 11) is -9.58. The summed E-state index contributed by atoms with van der Waals surface area (Å²) in [5, 5.41) is 10.3. The van der Waals surface area contributed by atoms with Crippen molar-refractivity contribution in [2.75, 3.05) is 17.7 Å². The van der Waals surface area contributed by atoms with Crippen molar-refractivity contribution < 1.29 is 94.0 Å². The number of carbonyl (C=O) groups excluding carboxylic acids is 1. The molecule has 0 radical (unpaired) electrons. The molecule has 12 nitrogen and oxygen atoms in total.